The van der Waals surface area contributed by atoms with Crippen molar-refractivity contribution in [3.8, 4) is 11.4 Å². The van der Waals surface area contributed by atoms with Crippen molar-refractivity contribution in [3.05, 3.63) is 41.1 Å². The maximum absolute atomic E-state index is 5.29. The molecule has 1 heterocycles. The van der Waals surface area contributed by atoms with E-state index >= 15 is 0 Å². The van der Waals surface area contributed by atoms with E-state index in [1.807, 2.05) is 19.2 Å². The fraction of sp³-hybridized carbons (Fsp3) is 0.412. The van der Waals surface area contributed by atoms with Crippen molar-refractivity contribution in [2.75, 3.05) is 19.5 Å². The van der Waals surface area contributed by atoms with Crippen molar-refractivity contribution in [3.63, 3.8) is 0 Å². The molecule has 2 aromatic rings. The Morgan fingerprint density at radius 2 is 1.95 bits per heavy atom. The van der Waals surface area contributed by atoms with Crippen molar-refractivity contribution >= 4 is 5.82 Å². The largest absolute Gasteiger partial charge is 0.380 e. The number of benzene rings is 1. The number of aromatic nitrogens is 2. The lowest BCUT2D eigenvalue weighted by atomic mass is 9.96. The van der Waals surface area contributed by atoms with E-state index in [1.165, 1.54) is 24.1 Å². The van der Waals surface area contributed by atoms with Gasteiger partial charge in [0.25, 0.3) is 0 Å². The van der Waals surface area contributed by atoms with Crippen molar-refractivity contribution in [1.82, 2.24) is 9.97 Å². The van der Waals surface area contributed by atoms with Crippen molar-refractivity contribution in [2.24, 2.45) is 0 Å². The van der Waals surface area contributed by atoms with Crippen molar-refractivity contribution < 1.29 is 4.74 Å². The van der Waals surface area contributed by atoms with Gasteiger partial charge in [-0.05, 0) is 31.2 Å². The minimum Gasteiger partial charge on any atom is -0.380 e. The van der Waals surface area contributed by atoms with E-state index in [0.29, 0.717) is 6.61 Å². The summed E-state index contributed by atoms with van der Waals surface area (Å²) < 4.78 is 5.29. The van der Waals surface area contributed by atoms with Gasteiger partial charge in [-0.15, -0.1) is 0 Å². The molecule has 110 valence electrons. The zero-order valence-electron chi connectivity index (χ0n) is 12.6. The molecule has 21 heavy (non-hydrogen) atoms. The summed E-state index contributed by atoms with van der Waals surface area (Å²) in [5, 5.41) is 3.23. The van der Waals surface area contributed by atoms with Gasteiger partial charge in [0.05, 0.1) is 6.61 Å². The lowest BCUT2D eigenvalue weighted by molar-refractivity contribution is 0.185. The van der Waals surface area contributed by atoms with Gasteiger partial charge < -0.3 is 10.1 Å². The first-order chi connectivity index (χ1) is 10.3. The molecule has 0 bridgehead atoms. The number of methoxy groups -OCH3 is 1. The number of hydrogen-bond acceptors (Lipinski definition) is 4. The zero-order chi connectivity index (χ0) is 14.7. The molecular weight excluding hydrogens is 262 g/mol. The SMILES string of the molecule is CNc1nc(-c2ccccc2COC)nc2c1CCCC2. The van der Waals surface area contributed by atoms with E-state index in [9.17, 15) is 0 Å². The van der Waals surface area contributed by atoms with Crippen molar-refractivity contribution in [2.45, 2.75) is 32.3 Å². The van der Waals surface area contributed by atoms with Crippen LogP contribution < -0.4 is 5.32 Å². The number of aryl methyl sites for hydroxylation is 1. The normalized spacial score (nSPS) is 13.8. The summed E-state index contributed by atoms with van der Waals surface area (Å²) in [7, 11) is 3.64. The molecule has 1 N–H and O–H groups in total. The minimum absolute atomic E-state index is 0.575. The Morgan fingerprint density at radius 1 is 1.14 bits per heavy atom. The molecule has 1 aromatic heterocycles. The third kappa shape index (κ3) is 2.76. The van der Waals surface area contributed by atoms with E-state index < -0.39 is 0 Å². The molecule has 0 amide bonds. The minimum atomic E-state index is 0.575. The molecule has 0 atom stereocenters. The maximum Gasteiger partial charge on any atom is 0.162 e. The molecule has 4 heteroatoms. The van der Waals surface area contributed by atoms with E-state index in [2.05, 4.69) is 17.4 Å². The van der Waals surface area contributed by atoms with E-state index in [-0.39, 0.29) is 0 Å². The summed E-state index contributed by atoms with van der Waals surface area (Å²) >= 11 is 0. The predicted molar refractivity (Wildman–Crippen MR) is 84.4 cm³/mol. The Bertz CT molecular complexity index is 623. The second-order valence-corrected chi connectivity index (χ2v) is 5.37. The van der Waals surface area contributed by atoms with Gasteiger partial charge in [0.2, 0.25) is 0 Å². The summed E-state index contributed by atoms with van der Waals surface area (Å²) in [5.74, 6) is 1.77. The van der Waals surface area contributed by atoms with Gasteiger partial charge >= 0.3 is 0 Å². The Hall–Kier alpha value is -1.94. The molecular formula is C17H21N3O. The van der Waals surface area contributed by atoms with Crippen LogP contribution in [0.5, 0.6) is 0 Å². The third-order valence-electron chi connectivity index (χ3n) is 3.98. The molecule has 4 nitrogen and oxygen atoms in total. The number of ether oxygens (including phenoxy) is 1. The van der Waals surface area contributed by atoms with Crippen LogP contribution in [0.15, 0.2) is 24.3 Å². The Kier molecular flexibility index (Phi) is 4.15. The Labute approximate surface area is 125 Å². The Morgan fingerprint density at radius 3 is 2.76 bits per heavy atom. The van der Waals surface area contributed by atoms with Gasteiger partial charge in [0, 0.05) is 31.0 Å². The number of rotatable bonds is 4. The number of anilines is 1. The smallest absolute Gasteiger partial charge is 0.162 e. The van der Waals surface area contributed by atoms with Crippen LogP contribution >= 0.6 is 0 Å². The fourth-order valence-electron chi connectivity index (χ4n) is 2.94. The molecule has 0 spiro atoms. The van der Waals surface area contributed by atoms with Crippen LogP contribution in [0.4, 0.5) is 5.82 Å². The van der Waals surface area contributed by atoms with Crippen LogP contribution in [0.2, 0.25) is 0 Å². The highest BCUT2D eigenvalue weighted by Gasteiger charge is 2.18. The van der Waals surface area contributed by atoms with Crippen LogP contribution in [-0.4, -0.2) is 24.1 Å². The lowest BCUT2D eigenvalue weighted by Gasteiger charge is -2.19. The van der Waals surface area contributed by atoms with Crippen LogP contribution in [0, 0.1) is 0 Å². The first-order valence-corrected chi connectivity index (χ1v) is 7.48. The van der Waals surface area contributed by atoms with E-state index in [1.54, 1.807) is 7.11 Å². The molecule has 0 radical (unpaired) electrons. The standard InChI is InChI=1S/C17H21N3O/c1-18-16-14-9-5-6-10-15(14)19-17(20-16)13-8-4-3-7-12(13)11-21-2/h3-4,7-8H,5-6,9-11H2,1-2H3,(H,18,19,20). The monoisotopic (exact) mass is 283 g/mol. The highest BCUT2D eigenvalue weighted by Crippen LogP contribution is 2.29. The highest BCUT2D eigenvalue weighted by molar-refractivity contribution is 5.63. The van der Waals surface area contributed by atoms with Gasteiger partial charge in [-0.1, -0.05) is 24.3 Å². The van der Waals surface area contributed by atoms with Crippen molar-refractivity contribution in [1.29, 1.82) is 0 Å². The lowest BCUT2D eigenvalue weighted by Crippen LogP contribution is -2.12. The second-order valence-electron chi connectivity index (χ2n) is 5.37. The zero-order valence-corrected chi connectivity index (χ0v) is 12.6. The van der Waals surface area contributed by atoms with Crippen LogP contribution in [0.1, 0.15) is 29.7 Å². The molecule has 1 aromatic carbocycles. The molecule has 0 unspecified atom stereocenters. The topological polar surface area (TPSA) is 47.0 Å². The highest BCUT2D eigenvalue weighted by atomic mass is 16.5. The molecule has 1 aliphatic carbocycles. The average molecular weight is 283 g/mol. The summed E-state index contributed by atoms with van der Waals surface area (Å²) in [6, 6.07) is 8.19. The van der Waals surface area contributed by atoms with Crippen LogP contribution in [-0.2, 0) is 24.2 Å². The first kappa shape index (κ1) is 14.0. The average Bonchev–Trinajstić information content (AvgIpc) is 2.54. The maximum atomic E-state index is 5.29. The van der Waals surface area contributed by atoms with E-state index in [4.69, 9.17) is 14.7 Å². The summed E-state index contributed by atoms with van der Waals surface area (Å²) in [6.07, 6.45) is 4.56. The van der Waals surface area contributed by atoms with Crippen LogP contribution in [0.3, 0.4) is 0 Å². The molecule has 0 aliphatic heterocycles. The second kappa shape index (κ2) is 6.22. The van der Waals surface area contributed by atoms with Gasteiger partial charge in [-0.3, -0.25) is 0 Å². The third-order valence-corrected chi connectivity index (χ3v) is 3.98. The molecule has 1 aliphatic rings. The number of hydrogen-bond donors (Lipinski definition) is 1. The Balaban J connectivity index is 2.10. The number of fused-ring (bicyclic) bond motifs is 1. The molecule has 0 saturated heterocycles. The van der Waals surface area contributed by atoms with Crippen LogP contribution in [0.25, 0.3) is 11.4 Å². The summed E-state index contributed by atoms with van der Waals surface area (Å²) in [4.78, 5) is 9.57. The number of nitrogens with zero attached hydrogens (tertiary/aromatic N) is 2. The van der Waals surface area contributed by atoms with Gasteiger partial charge in [-0.25, -0.2) is 9.97 Å². The van der Waals surface area contributed by atoms with Gasteiger partial charge in [-0.2, -0.15) is 0 Å². The first-order valence-electron chi connectivity index (χ1n) is 7.48. The molecule has 3 rings (SSSR count). The quantitative estimate of drug-likeness (QED) is 0.936. The molecule has 0 fully saturated rings. The summed E-state index contributed by atoms with van der Waals surface area (Å²) in [6.45, 7) is 0.575. The summed E-state index contributed by atoms with van der Waals surface area (Å²) in [5.41, 5.74) is 4.67. The number of nitrogens with one attached hydrogen (secondary N) is 1. The molecule has 0 saturated carbocycles. The fourth-order valence-corrected chi connectivity index (χ4v) is 2.94. The van der Waals surface area contributed by atoms with E-state index in [0.717, 1.165) is 35.6 Å². The van der Waals surface area contributed by atoms with Gasteiger partial charge in [0.15, 0.2) is 5.82 Å². The van der Waals surface area contributed by atoms with Gasteiger partial charge in [0.1, 0.15) is 5.82 Å². The predicted octanol–water partition coefficient (Wildman–Crippen LogP) is 3.21.